The van der Waals surface area contributed by atoms with Gasteiger partial charge in [0.25, 0.3) is 0 Å². The van der Waals surface area contributed by atoms with Crippen molar-refractivity contribution in [1.82, 2.24) is 15.2 Å². The highest BCUT2D eigenvalue weighted by atomic mass is 19.4. The van der Waals surface area contributed by atoms with Gasteiger partial charge in [-0.05, 0) is 57.4 Å². The van der Waals surface area contributed by atoms with Crippen LogP contribution in [0.2, 0.25) is 0 Å². The van der Waals surface area contributed by atoms with Crippen molar-refractivity contribution < 1.29 is 18.0 Å². The number of pyridine rings is 1. The average molecular weight is 472 g/mol. The quantitative estimate of drug-likeness (QED) is 0.733. The van der Waals surface area contributed by atoms with Gasteiger partial charge in [0.1, 0.15) is 11.5 Å². The van der Waals surface area contributed by atoms with E-state index in [1.165, 1.54) is 0 Å². The Hall–Kier alpha value is -2.86. The Bertz CT molecular complexity index is 1170. The van der Waals surface area contributed by atoms with Gasteiger partial charge in [0.2, 0.25) is 5.91 Å². The molecular formula is C25H28F3N5O. The van der Waals surface area contributed by atoms with Gasteiger partial charge in [0.15, 0.2) is 0 Å². The van der Waals surface area contributed by atoms with Crippen LogP contribution in [0, 0.1) is 22.2 Å². The molecule has 2 unspecified atom stereocenters. The van der Waals surface area contributed by atoms with Crippen LogP contribution in [0.5, 0.6) is 0 Å². The van der Waals surface area contributed by atoms with E-state index in [-0.39, 0.29) is 25.6 Å². The lowest BCUT2D eigenvalue weighted by atomic mass is 9.93. The number of hydrogen-bond acceptors (Lipinski definition) is 5. The van der Waals surface area contributed by atoms with E-state index >= 15 is 0 Å². The summed E-state index contributed by atoms with van der Waals surface area (Å²) in [7, 11) is 0. The number of nitriles is 1. The van der Waals surface area contributed by atoms with Crippen LogP contribution in [0.1, 0.15) is 38.7 Å². The number of alkyl halides is 3. The van der Waals surface area contributed by atoms with Gasteiger partial charge in [-0.3, -0.25) is 9.78 Å². The minimum atomic E-state index is -4.49. The van der Waals surface area contributed by atoms with E-state index in [4.69, 9.17) is 0 Å². The predicted octanol–water partition coefficient (Wildman–Crippen LogP) is 3.85. The number of fused-ring (bicyclic) bond motifs is 2. The molecule has 6 nitrogen and oxygen atoms in total. The van der Waals surface area contributed by atoms with Crippen molar-refractivity contribution in [2.24, 2.45) is 10.8 Å². The van der Waals surface area contributed by atoms with E-state index in [2.05, 4.69) is 35.1 Å². The fourth-order valence-electron chi connectivity index (χ4n) is 6.00. The monoisotopic (exact) mass is 471 g/mol. The molecule has 34 heavy (non-hydrogen) atoms. The zero-order chi connectivity index (χ0) is 24.3. The number of anilines is 1. The number of amides is 1. The number of carbonyl (C=O) groups is 1. The smallest absolute Gasteiger partial charge is 0.369 e. The molecule has 0 radical (unpaired) electrons. The van der Waals surface area contributed by atoms with Crippen LogP contribution in [-0.4, -0.2) is 60.2 Å². The SMILES string of the molecule is CC(C)N1CCC(NC(=O)C23CN(c4ccc(C#N)c5ncccc45)CC2(C(F)(F)F)C3)CC1. The van der Waals surface area contributed by atoms with Crippen LogP contribution in [0.4, 0.5) is 18.9 Å². The van der Waals surface area contributed by atoms with Crippen molar-refractivity contribution in [3.05, 3.63) is 36.0 Å². The Balaban J connectivity index is 1.42. The van der Waals surface area contributed by atoms with Gasteiger partial charge >= 0.3 is 6.18 Å². The number of carbonyl (C=O) groups excluding carboxylic acids is 1. The van der Waals surface area contributed by atoms with Gasteiger partial charge in [-0.25, -0.2) is 0 Å². The van der Waals surface area contributed by atoms with Gasteiger partial charge in [-0.15, -0.1) is 0 Å². The standard InChI is InChI=1S/C25H28F3N5O/c1-16(2)32-10-7-18(8-11-32)31-22(34)23-13-24(23,25(26,27)28)15-33(14-23)20-6-5-17(12-29)21-19(20)4-3-9-30-21/h3-6,9,16,18H,7-8,10-11,13-15H2,1-2H3,(H,31,34). The molecule has 1 N–H and O–H groups in total. The maximum atomic E-state index is 14.4. The van der Waals surface area contributed by atoms with Crippen LogP contribution in [-0.2, 0) is 4.79 Å². The summed E-state index contributed by atoms with van der Waals surface area (Å²) >= 11 is 0. The number of benzene rings is 1. The number of nitrogens with one attached hydrogen (secondary N) is 1. The number of rotatable bonds is 4. The van der Waals surface area contributed by atoms with Gasteiger partial charge in [0.05, 0.1) is 16.5 Å². The molecule has 3 aliphatic rings. The molecule has 1 saturated carbocycles. The summed E-state index contributed by atoms with van der Waals surface area (Å²) in [4.78, 5) is 21.6. The summed E-state index contributed by atoms with van der Waals surface area (Å²) < 4.78 is 43.1. The van der Waals surface area contributed by atoms with Gasteiger partial charge in [-0.2, -0.15) is 18.4 Å². The highest BCUT2D eigenvalue weighted by Gasteiger charge is 2.86. The highest BCUT2D eigenvalue weighted by Crippen LogP contribution is 2.75. The molecule has 3 fully saturated rings. The minimum absolute atomic E-state index is 0.000916. The average Bonchev–Trinajstić information content (AvgIpc) is 3.36. The van der Waals surface area contributed by atoms with Gasteiger partial charge < -0.3 is 15.1 Å². The molecule has 0 bridgehead atoms. The topological polar surface area (TPSA) is 72.3 Å². The Morgan fingerprint density at radius 1 is 1.24 bits per heavy atom. The molecule has 1 amide bonds. The van der Waals surface area contributed by atoms with Crippen molar-refractivity contribution in [1.29, 1.82) is 5.26 Å². The molecule has 1 aromatic heterocycles. The van der Waals surface area contributed by atoms with Crippen molar-refractivity contribution in [3.8, 4) is 6.07 Å². The molecule has 9 heteroatoms. The van der Waals surface area contributed by atoms with Crippen LogP contribution < -0.4 is 10.2 Å². The Kier molecular flexibility index (Phi) is 5.28. The number of nitrogens with zero attached hydrogens (tertiary/aromatic N) is 4. The van der Waals surface area contributed by atoms with Gasteiger partial charge in [-0.1, -0.05) is 0 Å². The number of hydrogen-bond donors (Lipinski definition) is 1. The molecule has 1 aromatic carbocycles. The summed E-state index contributed by atoms with van der Waals surface area (Å²) in [6, 6.07) is 9.13. The summed E-state index contributed by atoms with van der Waals surface area (Å²) in [6.45, 7) is 5.63. The van der Waals surface area contributed by atoms with E-state index in [1.54, 1.807) is 35.4 Å². The third-order valence-corrected chi connectivity index (χ3v) is 8.10. The third-order valence-electron chi connectivity index (χ3n) is 8.10. The Labute approximate surface area is 196 Å². The molecule has 5 rings (SSSR count). The number of piperidine rings is 2. The van der Waals surface area contributed by atoms with E-state index < -0.39 is 22.9 Å². The van der Waals surface area contributed by atoms with E-state index in [1.807, 2.05) is 0 Å². The largest absolute Gasteiger partial charge is 0.397 e. The normalized spacial score (nSPS) is 27.6. The zero-order valence-electron chi connectivity index (χ0n) is 19.3. The first-order chi connectivity index (χ1) is 16.1. The second-order valence-corrected chi connectivity index (χ2v) is 10.2. The molecule has 2 saturated heterocycles. The first kappa shape index (κ1) is 22.9. The van der Waals surface area contributed by atoms with E-state index in [0.29, 0.717) is 28.2 Å². The molecule has 180 valence electrons. The molecule has 2 aromatic rings. The van der Waals surface area contributed by atoms with E-state index in [0.717, 1.165) is 25.9 Å². The fraction of sp³-hybridized carbons (Fsp3) is 0.560. The van der Waals surface area contributed by atoms with E-state index in [9.17, 15) is 23.2 Å². The van der Waals surface area contributed by atoms with Crippen molar-refractivity contribution >= 4 is 22.5 Å². The lowest BCUT2D eigenvalue weighted by Gasteiger charge is -2.35. The number of likely N-dealkylation sites (tertiary alicyclic amines) is 1. The fourth-order valence-corrected chi connectivity index (χ4v) is 6.00. The summed E-state index contributed by atoms with van der Waals surface area (Å²) in [5.41, 5.74) is -2.13. The van der Waals surface area contributed by atoms with Crippen molar-refractivity contribution in [2.75, 3.05) is 31.1 Å². The zero-order valence-corrected chi connectivity index (χ0v) is 19.3. The molecule has 2 aliphatic heterocycles. The molecule has 1 aliphatic carbocycles. The maximum Gasteiger partial charge on any atom is 0.397 e. The molecular weight excluding hydrogens is 443 g/mol. The van der Waals surface area contributed by atoms with Crippen LogP contribution >= 0.6 is 0 Å². The van der Waals surface area contributed by atoms with Gasteiger partial charge in [0, 0.05) is 55.5 Å². The summed E-state index contributed by atoms with van der Waals surface area (Å²) in [5.74, 6) is -0.480. The number of aromatic nitrogens is 1. The second-order valence-electron chi connectivity index (χ2n) is 10.2. The molecule has 3 heterocycles. The van der Waals surface area contributed by atoms with Crippen molar-refractivity contribution in [2.45, 2.75) is 51.4 Å². The predicted molar refractivity (Wildman–Crippen MR) is 122 cm³/mol. The first-order valence-corrected chi connectivity index (χ1v) is 11.8. The van der Waals surface area contributed by atoms with Crippen LogP contribution in [0.25, 0.3) is 10.9 Å². The Morgan fingerprint density at radius 3 is 2.62 bits per heavy atom. The molecule has 2 atom stereocenters. The third kappa shape index (κ3) is 3.34. The van der Waals surface area contributed by atoms with Crippen LogP contribution in [0.3, 0.4) is 0 Å². The summed E-state index contributed by atoms with van der Waals surface area (Å²) in [6.07, 6.45) is -1.61. The highest BCUT2D eigenvalue weighted by molar-refractivity contribution is 5.97. The minimum Gasteiger partial charge on any atom is -0.369 e. The maximum absolute atomic E-state index is 14.4. The second kappa shape index (κ2) is 7.84. The van der Waals surface area contributed by atoms with Crippen LogP contribution in [0.15, 0.2) is 30.5 Å². The first-order valence-electron chi connectivity index (χ1n) is 11.8. The van der Waals surface area contributed by atoms with Crippen molar-refractivity contribution in [3.63, 3.8) is 0 Å². The number of halogens is 3. The lowest BCUT2D eigenvalue weighted by molar-refractivity contribution is -0.191. The molecule has 0 spiro atoms. The summed E-state index contributed by atoms with van der Waals surface area (Å²) in [5, 5.41) is 13.0. The lowest BCUT2D eigenvalue weighted by Crippen LogP contribution is -2.50. The Morgan fingerprint density at radius 2 is 1.97 bits per heavy atom.